The molecule has 28 heavy (non-hydrogen) atoms. The fraction of sp³-hybridized carbons (Fsp3) is 0.0952. The van der Waals surface area contributed by atoms with E-state index >= 15 is 0 Å². The minimum absolute atomic E-state index is 0.197. The zero-order valence-electron chi connectivity index (χ0n) is 15.0. The number of rotatable bonds is 7. The number of hydrogen-bond donors (Lipinski definition) is 1. The van der Waals surface area contributed by atoms with Crippen molar-refractivity contribution < 1.29 is 13.2 Å². The molecule has 0 bridgehead atoms. The first-order valence-corrected chi connectivity index (χ1v) is 10.3. The molecule has 2 aromatic carbocycles. The summed E-state index contributed by atoms with van der Waals surface area (Å²) in [5.74, 6) is 1.28. The lowest BCUT2D eigenvalue weighted by Gasteiger charge is -2.08. The summed E-state index contributed by atoms with van der Waals surface area (Å²) in [5, 5.41) is 0. The van der Waals surface area contributed by atoms with Crippen molar-refractivity contribution in [1.29, 1.82) is 0 Å². The summed E-state index contributed by atoms with van der Waals surface area (Å²) in [7, 11) is -3.59. The molecule has 0 unspecified atom stereocenters. The number of nitrogens with one attached hydrogen (secondary N) is 1. The van der Waals surface area contributed by atoms with Gasteiger partial charge in [0.25, 0.3) is 0 Å². The van der Waals surface area contributed by atoms with Crippen molar-refractivity contribution >= 4 is 15.7 Å². The Hall–Kier alpha value is -3.16. The second-order valence-electron chi connectivity index (χ2n) is 6.23. The van der Waals surface area contributed by atoms with E-state index in [-0.39, 0.29) is 11.4 Å². The van der Waals surface area contributed by atoms with Gasteiger partial charge in [-0.15, -0.1) is 0 Å². The van der Waals surface area contributed by atoms with E-state index in [0.717, 1.165) is 11.3 Å². The van der Waals surface area contributed by atoms with Crippen LogP contribution in [0.15, 0.2) is 90.1 Å². The summed E-state index contributed by atoms with van der Waals surface area (Å²) in [6, 6.07) is 21.4. The van der Waals surface area contributed by atoms with Crippen LogP contribution in [-0.4, -0.2) is 24.3 Å². The Kier molecular flexibility index (Phi) is 5.10. The van der Waals surface area contributed by atoms with Crippen LogP contribution in [0.3, 0.4) is 0 Å². The van der Waals surface area contributed by atoms with Crippen molar-refractivity contribution in [3.05, 3.63) is 90.9 Å². The topological polar surface area (TPSA) is 72.7 Å². The van der Waals surface area contributed by atoms with E-state index in [9.17, 15) is 8.42 Å². The van der Waals surface area contributed by atoms with Gasteiger partial charge in [-0.1, -0.05) is 24.3 Å². The number of pyridine rings is 1. The van der Waals surface area contributed by atoms with Gasteiger partial charge in [0.05, 0.1) is 10.6 Å². The van der Waals surface area contributed by atoms with Crippen LogP contribution in [0.2, 0.25) is 0 Å². The lowest BCUT2D eigenvalue weighted by atomic mass is 10.3. The lowest BCUT2D eigenvalue weighted by molar-refractivity contribution is 0.482. The van der Waals surface area contributed by atoms with Gasteiger partial charge in [0.2, 0.25) is 10.0 Å². The molecule has 2 heterocycles. The van der Waals surface area contributed by atoms with Gasteiger partial charge in [-0.05, 0) is 48.5 Å². The smallest absolute Gasteiger partial charge is 0.240 e. The number of benzene rings is 2. The molecule has 0 fully saturated rings. The van der Waals surface area contributed by atoms with Crippen LogP contribution < -0.4 is 9.46 Å². The van der Waals surface area contributed by atoms with Gasteiger partial charge in [0, 0.05) is 25.4 Å². The van der Waals surface area contributed by atoms with Crippen LogP contribution in [-0.2, 0) is 16.4 Å². The fourth-order valence-electron chi connectivity index (χ4n) is 2.82. The Morgan fingerprint density at radius 2 is 1.61 bits per heavy atom. The third-order valence-corrected chi connectivity index (χ3v) is 5.68. The highest BCUT2D eigenvalue weighted by molar-refractivity contribution is 7.89. The van der Waals surface area contributed by atoms with E-state index in [1.54, 1.807) is 12.1 Å². The highest BCUT2D eigenvalue weighted by Gasteiger charge is 2.14. The predicted octanol–water partition coefficient (Wildman–Crippen LogP) is 3.65. The monoisotopic (exact) mass is 393 g/mol. The lowest BCUT2D eigenvalue weighted by Crippen LogP contribution is -2.26. The van der Waals surface area contributed by atoms with Crippen molar-refractivity contribution in [2.24, 2.45) is 0 Å². The molecule has 0 aliphatic rings. The Morgan fingerprint density at radius 3 is 2.36 bits per heavy atom. The van der Waals surface area contributed by atoms with E-state index in [0.29, 0.717) is 17.9 Å². The minimum Gasteiger partial charge on any atom is -0.457 e. The van der Waals surface area contributed by atoms with Crippen LogP contribution in [0.5, 0.6) is 11.5 Å². The maximum Gasteiger partial charge on any atom is 0.240 e. The first kappa shape index (κ1) is 18.2. The first-order valence-electron chi connectivity index (χ1n) is 8.85. The van der Waals surface area contributed by atoms with E-state index in [1.165, 1.54) is 12.1 Å². The number of aromatic nitrogens is 2. The van der Waals surface area contributed by atoms with Crippen LogP contribution >= 0.6 is 0 Å². The molecule has 7 heteroatoms. The standard InChI is InChI=1S/C21H19N3O3S/c25-28(26,22-14-13-17-16-24-15-5-4-8-21(24)23-17)20-11-9-19(10-12-20)27-18-6-2-1-3-7-18/h1-12,15-16,22H,13-14H2. The van der Waals surface area contributed by atoms with Crippen molar-refractivity contribution in [3.8, 4) is 11.5 Å². The fourth-order valence-corrected chi connectivity index (χ4v) is 3.85. The molecule has 0 aliphatic heterocycles. The number of ether oxygens (including phenoxy) is 1. The molecule has 0 aliphatic carbocycles. The maximum absolute atomic E-state index is 12.5. The summed E-state index contributed by atoms with van der Waals surface area (Å²) in [5.41, 5.74) is 1.68. The molecule has 6 nitrogen and oxygen atoms in total. The molecule has 0 saturated heterocycles. The van der Waals surface area contributed by atoms with Crippen LogP contribution in [0.25, 0.3) is 5.65 Å². The van der Waals surface area contributed by atoms with Gasteiger partial charge in [0.1, 0.15) is 17.1 Å². The highest BCUT2D eigenvalue weighted by Crippen LogP contribution is 2.22. The number of nitrogens with zero attached hydrogens (tertiary/aromatic N) is 2. The molecule has 0 radical (unpaired) electrons. The third-order valence-electron chi connectivity index (χ3n) is 4.20. The molecule has 0 amide bonds. The van der Waals surface area contributed by atoms with E-state index in [1.807, 2.05) is 65.3 Å². The summed E-state index contributed by atoms with van der Waals surface area (Å²) >= 11 is 0. The Bertz CT molecular complexity index is 1140. The largest absolute Gasteiger partial charge is 0.457 e. The molecule has 142 valence electrons. The van der Waals surface area contributed by atoms with E-state index < -0.39 is 10.0 Å². The van der Waals surface area contributed by atoms with Crippen molar-refractivity contribution in [3.63, 3.8) is 0 Å². The Balaban J connectivity index is 1.37. The Labute approximate surface area is 163 Å². The molecule has 0 spiro atoms. The molecule has 1 N–H and O–H groups in total. The third kappa shape index (κ3) is 4.21. The normalized spacial score (nSPS) is 11.6. The average Bonchev–Trinajstić information content (AvgIpc) is 3.12. The van der Waals surface area contributed by atoms with Gasteiger partial charge in [-0.25, -0.2) is 18.1 Å². The summed E-state index contributed by atoms with van der Waals surface area (Å²) in [6.45, 7) is 0.272. The number of hydrogen-bond acceptors (Lipinski definition) is 4. The van der Waals surface area contributed by atoms with Gasteiger partial charge in [0.15, 0.2) is 0 Å². The number of para-hydroxylation sites is 1. The highest BCUT2D eigenvalue weighted by atomic mass is 32.2. The predicted molar refractivity (Wildman–Crippen MR) is 107 cm³/mol. The molecule has 0 atom stereocenters. The van der Waals surface area contributed by atoms with Crippen molar-refractivity contribution in [2.45, 2.75) is 11.3 Å². The summed E-state index contributed by atoms with van der Waals surface area (Å²) in [4.78, 5) is 4.67. The zero-order valence-corrected chi connectivity index (χ0v) is 15.8. The van der Waals surface area contributed by atoms with E-state index in [2.05, 4.69) is 9.71 Å². The summed E-state index contributed by atoms with van der Waals surface area (Å²) < 4.78 is 35.2. The van der Waals surface area contributed by atoms with Gasteiger partial charge in [-0.2, -0.15) is 0 Å². The van der Waals surface area contributed by atoms with Crippen LogP contribution in [0, 0.1) is 0 Å². The molecule has 0 saturated carbocycles. The molecular formula is C21H19N3O3S. The van der Waals surface area contributed by atoms with Crippen LogP contribution in [0.1, 0.15) is 5.69 Å². The van der Waals surface area contributed by atoms with Gasteiger partial charge in [-0.3, -0.25) is 0 Å². The maximum atomic E-state index is 12.5. The van der Waals surface area contributed by atoms with Crippen molar-refractivity contribution in [2.75, 3.05) is 6.54 Å². The minimum atomic E-state index is -3.59. The first-order chi connectivity index (χ1) is 13.6. The second kappa shape index (κ2) is 7.84. The van der Waals surface area contributed by atoms with Crippen LogP contribution in [0.4, 0.5) is 0 Å². The summed E-state index contributed by atoms with van der Waals surface area (Å²) in [6.07, 6.45) is 4.32. The number of sulfonamides is 1. The molecular weight excluding hydrogens is 374 g/mol. The quantitative estimate of drug-likeness (QED) is 0.520. The average molecular weight is 393 g/mol. The van der Waals surface area contributed by atoms with Crippen molar-refractivity contribution in [1.82, 2.24) is 14.1 Å². The second-order valence-corrected chi connectivity index (χ2v) is 8.00. The SMILES string of the molecule is O=S(=O)(NCCc1cn2ccccc2n1)c1ccc(Oc2ccccc2)cc1. The van der Waals surface area contributed by atoms with E-state index in [4.69, 9.17) is 4.74 Å². The molecule has 2 aromatic heterocycles. The molecule has 4 aromatic rings. The Morgan fingerprint density at radius 1 is 0.893 bits per heavy atom. The number of fused-ring (bicyclic) bond motifs is 1. The van der Waals surface area contributed by atoms with Gasteiger partial charge >= 0.3 is 0 Å². The molecule has 4 rings (SSSR count). The zero-order chi connectivity index (χ0) is 19.4. The number of imidazole rings is 1. The van der Waals surface area contributed by atoms with Gasteiger partial charge < -0.3 is 9.14 Å².